The van der Waals surface area contributed by atoms with Gasteiger partial charge in [-0.05, 0) is 59.5 Å². The molecule has 7 nitrogen and oxygen atoms in total. The highest BCUT2D eigenvalue weighted by molar-refractivity contribution is 8.18. The number of hydrogen-bond donors (Lipinski definition) is 1. The number of imide groups is 1. The zero-order valence-electron chi connectivity index (χ0n) is 16.8. The van der Waals surface area contributed by atoms with Gasteiger partial charge < -0.3 is 14.8 Å². The Morgan fingerprint density at radius 2 is 2.00 bits per heavy atom. The maximum atomic E-state index is 12.6. The topological polar surface area (TPSA) is 84.9 Å². The largest absolute Gasteiger partial charge is 0.496 e. The van der Waals surface area contributed by atoms with Gasteiger partial charge in [0.15, 0.2) is 0 Å². The van der Waals surface area contributed by atoms with Crippen LogP contribution >= 0.6 is 11.8 Å². The Bertz CT molecular complexity index is 804. The number of aryl methyl sites for hydroxylation is 1. The van der Waals surface area contributed by atoms with E-state index in [1.165, 1.54) is 7.11 Å². The van der Waals surface area contributed by atoms with Gasteiger partial charge in [-0.2, -0.15) is 0 Å². The molecule has 2 rings (SSSR count). The van der Waals surface area contributed by atoms with Gasteiger partial charge in [-0.3, -0.25) is 19.3 Å². The van der Waals surface area contributed by atoms with E-state index >= 15 is 0 Å². The molecule has 8 heteroatoms. The van der Waals surface area contributed by atoms with Crippen molar-refractivity contribution in [2.24, 2.45) is 0 Å². The fourth-order valence-corrected chi connectivity index (χ4v) is 3.60. The van der Waals surface area contributed by atoms with Crippen LogP contribution in [0.3, 0.4) is 0 Å². The maximum Gasteiger partial charge on any atom is 0.294 e. The Labute approximate surface area is 169 Å². The number of methoxy groups -OCH3 is 2. The van der Waals surface area contributed by atoms with Crippen molar-refractivity contribution in [3.05, 3.63) is 33.7 Å². The Kier molecular flexibility index (Phi) is 7.65. The highest BCUT2D eigenvalue weighted by Crippen LogP contribution is 2.35. The number of amides is 3. The number of ether oxygens (including phenoxy) is 2. The van der Waals surface area contributed by atoms with Gasteiger partial charge in [0.1, 0.15) is 12.3 Å². The summed E-state index contributed by atoms with van der Waals surface area (Å²) in [4.78, 5) is 38.0. The molecule has 0 unspecified atom stereocenters. The normalized spacial score (nSPS) is 15.6. The van der Waals surface area contributed by atoms with Crippen molar-refractivity contribution >= 4 is 34.9 Å². The highest BCUT2D eigenvalue weighted by atomic mass is 32.2. The van der Waals surface area contributed by atoms with Crippen LogP contribution in [0, 0.1) is 6.92 Å². The summed E-state index contributed by atoms with van der Waals surface area (Å²) in [5, 5.41) is 2.15. The zero-order chi connectivity index (χ0) is 20.8. The molecule has 1 aromatic carbocycles. The quantitative estimate of drug-likeness (QED) is 0.528. The number of carbonyl (C=O) groups excluding carboxylic acids is 3. The molecule has 1 N–H and O–H groups in total. The van der Waals surface area contributed by atoms with Crippen LogP contribution in [0.1, 0.15) is 36.5 Å². The summed E-state index contributed by atoms with van der Waals surface area (Å²) in [6.07, 6.45) is 1.70. The lowest BCUT2D eigenvalue weighted by atomic mass is 9.96. The van der Waals surface area contributed by atoms with Crippen molar-refractivity contribution in [1.82, 2.24) is 10.2 Å². The van der Waals surface area contributed by atoms with Gasteiger partial charge >= 0.3 is 0 Å². The van der Waals surface area contributed by atoms with Gasteiger partial charge in [-0.15, -0.1) is 0 Å². The lowest BCUT2D eigenvalue weighted by Crippen LogP contribution is -2.40. The van der Waals surface area contributed by atoms with Crippen LogP contribution in [0.5, 0.6) is 5.75 Å². The van der Waals surface area contributed by atoms with E-state index in [4.69, 9.17) is 9.47 Å². The van der Waals surface area contributed by atoms with E-state index < -0.39 is 17.1 Å². The van der Waals surface area contributed by atoms with Gasteiger partial charge in [-0.1, -0.05) is 13.8 Å². The maximum absolute atomic E-state index is 12.6. The van der Waals surface area contributed by atoms with E-state index in [1.807, 2.05) is 19.1 Å². The summed E-state index contributed by atoms with van der Waals surface area (Å²) < 4.78 is 10.3. The molecule has 0 aliphatic carbocycles. The molecule has 1 heterocycles. The monoisotopic (exact) mass is 406 g/mol. The van der Waals surface area contributed by atoms with Crippen molar-refractivity contribution < 1.29 is 23.9 Å². The second kappa shape index (κ2) is 9.75. The number of nitrogens with zero attached hydrogens (tertiary/aromatic N) is 1. The van der Waals surface area contributed by atoms with E-state index in [0.29, 0.717) is 18.1 Å². The number of carbonyl (C=O) groups is 3. The molecule has 0 aromatic heterocycles. The summed E-state index contributed by atoms with van der Waals surface area (Å²) >= 11 is 0.842. The van der Waals surface area contributed by atoms with Crippen molar-refractivity contribution in [1.29, 1.82) is 0 Å². The number of hydrogen-bond acceptors (Lipinski definition) is 6. The molecule has 1 saturated heterocycles. The Morgan fingerprint density at radius 3 is 2.61 bits per heavy atom. The minimum atomic E-state index is -0.460. The van der Waals surface area contributed by atoms with E-state index in [-0.39, 0.29) is 12.5 Å². The fraction of sp³-hybridized carbons (Fsp3) is 0.450. The molecular formula is C20H26N2O5S. The standard InChI is InChI=1S/C20H26N2O5S/c1-12(2)15-9-14(13(3)8-16(15)27-5)10-17-19(24)22(20(25)28-17)11-18(23)21-6-7-26-4/h8-10,12H,6-7,11H2,1-5H3,(H,21,23)/b17-10-. The summed E-state index contributed by atoms with van der Waals surface area (Å²) in [7, 11) is 3.16. The average Bonchev–Trinajstić information content (AvgIpc) is 2.90. The van der Waals surface area contributed by atoms with Crippen LogP contribution in [-0.4, -0.2) is 55.9 Å². The van der Waals surface area contributed by atoms with Crippen molar-refractivity contribution in [2.45, 2.75) is 26.7 Å². The Hall–Kier alpha value is -2.32. The van der Waals surface area contributed by atoms with Crippen molar-refractivity contribution in [2.75, 3.05) is 33.9 Å². The van der Waals surface area contributed by atoms with Crippen molar-refractivity contribution in [3.8, 4) is 5.75 Å². The molecule has 0 saturated carbocycles. The summed E-state index contributed by atoms with van der Waals surface area (Å²) in [6, 6.07) is 3.90. The minimum absolute atomic E-state index is 0.244. The van der Waals surface area contributed by atoms with Crippen LogP contribution in [0.15, 0.2) is 17.0 Å². The molecule has 0 spiro atoms. The molecule has 0 atom stereocenters. The van der Waals surface area contributed by atoms with E-state index in [2.05, 4.69) is 19.2 Å². The second-order valence-electron chi connectivity index (χ2n) is 6.72. The summed E-state index contributed by atoms with van der Waals surface area (Å²) in [6.45, 7) is 6.43. The Morgan fingerprint density at radius 1 is 1.29 bits per heavy atom. The minimum Gasteiger partial charge on any atom is -0.496 e. The molecule has 152 valence electrons. The molecular weight excluding hydrogens is 380 g/mol. The molecule has 1 aromatic rings. The van der Waals surface area contributed by atoms with Crippen molar-refractivity contribution in [3.63, 3.8) is 0 Å². The molecule has 3 amide bonds. The molecule has 1 fully saturated rings. The fourth-order valence-electron chi connectivity index (χ4n) is 2.77. The van der Waals surface area contributed by atoms with Crippen LogP contribution in [0.25, 0.3) is 6.08 Å². The summed E-state index contributed by atoms with van der Waals surface area (Å²) in [5.41, 5.74) is 2.81. The molecule has 1 aliphatic heterocycles. The molecule has 1 aliphatic rings. The van der Waals surface area contributed by atoms with Crippen LogP contribution < -0.4 is 10.1 Å². The SMILES string of the molecule is COCCNC(=O)CN1C(=O)S/C(=C\c2cc(C(C)C)c(OC)cc2C)C1=O. The third-order valence-corrected chi connectivity index (χ3v) is 5.24. The molecule has 0 bridgehead atoms. The van der Waals surface area contributed by atoms with E-state index in [0.717, 1.165) is 39.1 Å². The molecule has 0 radical (unpaired) electrons. The smallest absolute Gasteiger partial charge is 0.294 e. The number of benzene rings is 1. The summed E-state index contributed by atoms with van der Waals surface area (Å²) in [5.74, 6) is 0.181. The Balaban J connectivity index is 2.21. The number of rotatable bonds is 8. The average molecular weight is 407 g/mol. The van der Waals surface area contributed by atoms with Gasteiger partial charge in [0.25, 0.3) is 11.1 Å². The van der Waals surface area contributed by atoms with Crippen LogP contribution in [0.4, 0.5) is 4.79 Å². The first-order chi connectivity index (χ1) is 13.3. The first-order valence-electron chi connectivity index (χ1n) is 8.98. The first kappa shape index (κ1) is 22.0. The van der Waals surface area contributed by atoms with Gasteiger partial charge in [-0.25, -0.2) is 0 Å². The second-order valence-corrected chi connectivity index (χ2v) is 7.71. The zero-order valence-corrected chi connectivity index (χ0v) is 17.6. The van der Waals surface area contributed by atoms with Crippen LogP contribution in [-0.2, 0) is 14.3 Å². The van der Waals surface area contributed by atoms with Gasteiger partial charge in [0.2, 0.25) is 5.91 Å². The van der Waals surface area contributed by atoms with Gasteiger partial charge in [0, 0.05) is 13.7 Å². The highest BCUT2D eigenvalue weighted by Gasteiger charge is 2.36. The molecule has 28 heavy (non-hydrogen) atoms. The number of thioether (sulfide) groups is 1. The van der Waals surface area contributed by atoms with Gasteiger partial charge in [0.05, 0.1) is 18.6 Å². The lowest BCUT2D eigenvalue weighted by molar-refractivity contribution is -0.129. The van der Waals surface area contributed by atoms with Crippen LogP contribution in [0.2, 0.25) is 0 Å². The lowest BCUT2D eigenvalue weighted by Gasteiger charge is -2.15. The first-order valence-corrected chi connectivity index (χ1v) is 9.79. The van der Waals surface area contributed by atoms with E-state index in [1.54, 1.807) is 13.2 Å². The third kappa shape index (κ3) is 5.14. The number of nitrogens with one attached hydrogen (secondary N) is 1. The predicted molar refractivity (Wildman–Crippen MR) is 109 cm³/mol. The third-order valence-electron chi connectivity index (χ3n) is 4.33. The predicted octanol–water partition coefficient (Wildman–Crippen LogP) is 2.93. The van der Waals surface area contributed by atoms with E-state index in [9.17, 15) is 14.4 Å².